The molecule has 4 heteroatoms. The second-order valence-electron chi connectivity index (χ2n) is 2.76. The van der Waals surface area contributed by atoms with Crippen molar-refractivity contribution in [2.45, 2.75) is 13.8 Å². The van der Waals surface area contributed by atoms with Crippen molar-refractivity contribution in [1.29, 1.82) is 0 Å². The highest BCUT2D eigenvalue weighted by atomic mass is 16.2. The fourth-order valence-corrected chi connectivity index (χ4v) is 0.842. The van der Waals surface area contributed by atoms with Crippen LogP contribution in [0.1, 0.15) is 12.5 Å². The lowest BCUT2D eigenvalue weighted by Gasteiger charge is -2.01. The first-order chi connectivity index (χ1) is 6.09. The molecule has 0 saturated carbocycles. The number of carbonyl (C=O) groups is 2. The van der Waals surface area contributed by atoms with Crippen LogP contribution in [0, 0.1) is 6.92 Å². The molecule has 1 rings (SSSR count). The monoisotopic (exact) mass is 178 g/mol. The van der Waals surface area contributed by atoms with Crippen molar-refractivity contribution in [2.75, 3.05) is 5.32 Å². The fraction of sp³-hybridized carbons (Fsp3) is 0.222. The molecule has 68 valence electrons. The van der Waals surface area contributed by atoms with Gasteiger partial charge < -0.3 is 5.32 Å². The summed E-state index contributed by atoms with van der Waals surface area (Å²) in [5.74, 6) is -1.13. The highest BCUT2D eigenvalue weighted by molar-refractivity contribution is 6.39. The van der Waals surface area contributed by atoms with Gasteiger partial charge in [0.1, 0.15) is 0 Å². The SMILES string of the molecule is CC(=O)C(=O)Nc1cncc(C)c1. The summed E-state index contributed by atoms with van der Waals surface area (Å²) in [4.78, 5) is 25.4. The molecule has 0 aromatic carbocycles. The van der Waals surface area contributed by atoms with Gasteiger partial charge in [-0.3, -0.25) is 14.6 Å². The highest BCUT2D eigenvalue weighted by Crippen LogP contribution is 2.06. The molecule has 4 nitrogen and oxygen atoms in total. The van der Waals surface area contributed by atoms with E-state index in [0.29, 0.717) is 5.69 Å². The number of hydrogen-bond donors (Lipinski definition) is 1. The summed E-state index contributed by atoms with van der Waals surface area (Å²) in [7, 11) is 0. The number of rotatable bonds is 2. The van der Waals surface area contributed by atoms with E-state index in [9.17, 15) is 9.59 Å². The average molecular weight is 178 g/mol. The number of aryl methyl sites for hydroxylation is 1. The van der Waals surface area contributed by atoms with Crippen molar-refractivity contribution < 1.29 is 9.59 Å². The molecule has 1 aromatic heterocycles. The first-order valence-corrected chi connectivity index (χ1v) is 3.83. The molecule has 0 bridgehead atoms. The maximum Gasteiger partial charge on any atom is 0.291 e. The van der Waals surface area contributed by atoms with Crippen LogP contribution in [0.25, 0.3) is 0 Å². The summed E-state index contributed by atoms with van der Waals surface area (Å²) in [5.41, 5.74) is 1.47. The molecule has 0 atom stereocenters. The number of ketones is 1. The molecule has 1 amide bonds. The maximum atomic E-state index is 10.9. The van der Waals surface area contributed by atoms with Gasteiger partial charge in [-0.2, -0.15) is 0 Å². The van der Waals surface area contributed by atoms with Gasteiger partial charge >= 0.3 is 0 Å². The molecule has 1 heterocycles. The topological polar surface area (TPSA) is 59.1 Å². The molecule has 1 N–H and O–H groups in total. The van der Waals surface area contributed by atoms with Crippen molar-refractivity contribution in [2.24, 2.45) is 0 Å². The van der Waals surface area contributed by atoms with Gasteiger partial charge in [0.2, 0.25) is 5.78 Å². The summed E-state index contributed by atoms with van der Waals surface area (Å²) in [6.07, 6.45) is 3.16. The normalized spacial score (nSPS) is 9.38. The van der Waals surface area contributed by atoms with Crippen LogP contribution in [0.15, 0.2) is 18.5 Å². The van der Waals surface area contributed by atoms with Crippen LogP contribution in [-0.2, 0) is 9.59 Å². The van der Waals surface area contributed by atoms with Crippen molar-refractivity contribution in [1.82, 2.24) is 4.98 Å². The number of carbonyl (C=O) groups excluding carboxylic acids is 2. The fourth-order valence-electron chi connectivity index (χ4n) is 0.842. The third-order valence-corrected chi connectivity index (χ3v) is 1.45. The van der Waals surface area contributed by atoms with E-state index in [1.165, 1.54) is 13.1 Å². The summed E-state index contributed by atoms with van der Waals surface area (Å²) in [5, 5.41) is 2.43. The standard InChI is InChI=1S/C9H10N2O2/c1-6-3-8(5-10-4-6)11-9(13)7(2)12/h3-5H,1-2H3,(H,11,13). The Morgan fingerprint density at radius 2 is 2.08 bits per heavy atom. The Hall–Kier alpha value is -1.71. The van der Waals surface area contributed by atoms with E-state index < -0.39 is 11.7 Å². The molecule has 0 spiro atoms. The smallest absolute Gasteiger partial charge is 0.291 e. The van der Waals surface area contributed by atoms with E-state index in [4.69, 9.17) is 0 Å². The molecule has 13 heavy (non-hydrogen) atoms. The minimum Gasteiger partial charge on any atom is -0.318 e. The second-order valence-corrected chi connectivity index (χ2v) is 2.76. The van der Waals surface area contributed by atoms with Gasteiger partial charge in [-0.15, -0.1) is 0 Å². The van der Waals surface area contributed by atoms with Crippen LogP contribution in [0.4, 0.5) is 5.69 Å². The predicted molar refractivity (Wildman–Crippen MR) is 48.3 cm³/mol. The van der Waals surface area contributed by atoms with Gasteiger partial charge in [-0.1, -0.05) is 0 Å². The Labute approximate surface area is 76.0 Å². The van der Waals surface area contributed by atoms with Gasteiger partial charge in [0, 0.05) is 13.1 Å². The predicted octanol–water partition coefficient (Wildman–Crippen LogP) is 0.918. The first kappa shape index (κ1) is 9.38. The molecule has 1 aromatic rings. The van der Waals surface area contributed by atoms with Crippen molar-refractivity contribution in [3.63, 3.8) is 0 Å². The number of nitrogens with one attached hydrogen (secondary N) is 1. The van der Waals surface area contributed by atoms with E-state index >= 15 is 0 Å². The van der Waals surface area contributed by atoms with E-state index in [-0.39, 0.29) is 0 Å². The maximum absolute atomic E-state index is 10.9. The minimum atomic E-state index is -0.618. The lowest BCUT2D eigenvalue weighted by molar-refractivity contribution is -0.133. The summed E-state index contributed by atoms with van der Waals surface area (Å²) >= 11 is 0. The molecule has 0 aliphatic rings. The van der Waals surface area contributed by atoms with Gasteiger partial charge in [0.05, 0.1) is 11.9 Å². The Morgan fingerprint density at radius 3 is 2.62 bits per heavy atom. The number of amides is 1. The zero-order valence-electron chi connectivity index (χ0n) is 7.50. The quantitative estimate of drug-likeness (QED) is 0.685. The summed E-state index contributed by atoms with van der Waals surface area (Å²) < 4.78 is 0. The third-order valence-electron chi connectivity index (χ3n) is 1.45. The molecule has 0 unspecified atom stereocenters. The first-order valence-electron chi connectivity index (χ1n) is 3.83. The van der Waals surface area contributed by atoms with Gasteiger partial charge in [-0.05, 0) is 18.6 Å². The van der Waals surface area contributed by atoms with E-state index in [1.54, 1.807) is 12.3 Å². The number of anilines is 1. The van der Waals surface area contributed by atoms with Crippen LogP contribution in [-0.4, -0.2) is 16.7 Å². The van der Waals surface area contributed by atoms with Crippen molar-refractivity contribution in [3.8, 4) is 0 Å². The van der Waals surface area contributed by atoms with Crippen LogP contribution in [0.3, 0.4) is 0 Å². The zero-order valence-corrected chi connectivity index (χ0v) is 7.50. The Kier molecular flexibility index (Phi) is 2.74. The average Bonchev–Trinajstić information content (AvgIpc) is 2.04. The Balaban J connectivity index is 2.75. The lowest BCUT2D eigenvalue weighted by Crippen LogP contribution is -2.19. The zero-order chi connectivity index (χ0) is 9.84. The molecule has 0 aliphatic heterocycles. The van der Waals surface area contributed by atoms with Crippen LogP contribution < -0.4 is 5.32 Å². The molecular weight excluding hydrogens is 168 g/mol. The Morgan fingerprint density at radius 1 is 1.38 bits per heavy atom. The number of pyridine rings is 1. The molecule has 0 fully saturated rings. The highest BCUT2D eigenvalue weighted by Gasteiger charge is 2.06. The largest absolute Gasteiger partial charge is 0.318 e. The number of Topliss-reactive ketones (excluding diaryl/α,β-unsaturated/α-hetero) is 1. The van der Waals surface area contributed by atoms with E-state index in [2.05, 4.69) is 10.3 Å². The van der Waals surface area contributed by atoms with Crippen molar-refractivity contribution >= 4 is 17.4 Å². The second kappa shape index (κ2) is 3.80. The minimum absolute atomic E-state index is 0.512. The molecule has 0 radical (unpaired) electrons. The van der Waals surface area contributed by atoms with Gasteiger partial charge in [-0.25, -0.2) is 0 Å². The molecular formula is C9H10N2O2. The number of nitrogens with zero attached hydrogens (tertiary/aromatic N) is 1. The number of hydrogen-bond acceptors (Lipinski definition) is 3. The summed E-state index contributed by atoms with van der Waals surface area (Å²) in [6.45, 7) is 3.08. The van der Waals surface area contributed by atoms with Crippen LogP contribution in [0.5, 0.6) is 0 Å². The third kappa shape index (κ3) is 2.66. The van der Waals surface area contributed by atoms with Crippen LogP contribution in [0.2, 0.25) is 0 Å². The Bertz CT molecular complexity index is 347. The van der Waals surface area contributed by atoms with Crippen molar-refractivity contribution in [3.05, 3.63) is 24.0 Å². The van der Waals surface area contributed by atoms with Crippen LogP contribution >= 0.6 is 0 Å². The molecule has 0 saturated heterocycles. The number of aromatic nitrogens is 1. The van der Waals surface area contributed by atoms with Gasteiger partial charge in [0.15, 0.2) is 0 Å². The van der Waals surface area contributed by atoms with E-state index in [1.807, 2.05) is 6.92 Å². The lowest BCUT2D eigenvalue weighted by atomic mass is 10.3. The van der Waals surface area contributed by atoms with E-state index in [0.717, 1.165) is 5.56 Å². The molecule has 0 aliphatic carbocycles. The van der Waals surface area contributed by atoms with Gasteiger partial charge in [0.25, 0.3) is 5.91 Å². The summed E-state index contributed by atoms with van der Waals surface area (Å²) in [6, 6.07) is 1.74.